The van der Waals surface area contributed by atoms with Crippen molar-refractivity contribution in [1.29, 1.82) is 0 Å². The summed E-state index contributed by atoms with van der Waals surface area (Å²) in [6.07, 6.45) is 0.694. The molecule has 1 N–H and O–H groups in total. The van der Waals surface area contributed by atoms with Crippen LogP contribution in [-0.4, -0.2) is 30.0 Å². The van der Waals surface area contributed by atoms with Gasteiger partial charge in [-0.2, -0.15) is 5.01 Å². The lowest BCUT2D eigenvalue weighted by Gasteiger charge is -2.11. The summed E-state index contributed by atoms with van der Waals surface area (Å²) in [6, 6.07) is -0.493. The average molecular weight is 194 g/mol. The summed E-state index contributed by atoms with van der Waals surface area (Å²) < 4.78 is 0. The van der Waals surface area contributed by atoms with E-state index in [1.54, 1.807) is 0 Å². The molecule has 70 valence electrons. The van der Waals surface area contributed by atoms with E-state index in [-0.39, 0.29) is 0 Å². The van der Waals surface area contributed by atoms with Crippen LogP contribution in [0.5, 0.6) is 0 Å². The fourth-order valence-corrected chi connectivity index (χ4v) is 0.731. The van der Waals surface area contributed by atoms with Crippen LogP contribution in [-0.2, 0) is 0 Å². The number of hydrogen-bond donors (Lipinski definition) is 1. The van der Waals surface area contributed by atoms with E-state index in [9.17, 15) is 9.70 Å². The maximum absolute atomic E-state index is 11.0. The summed E-state index contributed by atoms with van der Waals surface area (Å²) in [7, 11) is 0. The zero-order valence-electron chi connectivity index (χ0n) is 6.92. The lowest BCUT2D eigenvalue weighted by molar-refractivity contribution is 0.200. The normalized spacial score (nSPS) is 9.17. The predicted octanol–water partition coefficient (Wildman–Crippen LogP) is 1.33. The van der Waals surface area contributed by atoms with Gasteiger partial charge in [0.1, 0.15) is 0 Å². The Kier molecular flexibility index (Phi) is 6.37. The van der Waals surface area contributed by atoms with Gasteiger partial charge in [0.15, 0.2) is 0 Å². The molecule has 0 aromatic rings. The van der Waals surface area contributed by atoms with Crippen molar-refractivity contribution in [3.05, 3.63) is 4.91 Å². The number of halogens is 1. The highest BCUT2D eigenvalue weighted by Crippen LogP contribution is 1.92. The summed E-state index contributed by atoms with van der Waals surface area (Å²) in [4.78, 5) is 21.1. The van der Waals surface area contributed by atoms with Gasteiger partial charge >= 0.3 is 6.03 Å². The molecule has 0 saturated carbocycles. The van der Waals surface area contributed by atoms with E-state index in [2.05, 4.69) is 10.6 Å². The molecule has 0 aromatic heterocycles. The van der Waals surface area contributed by atoms with Gasteiger partial charge in [-0.1, -0.05) is 6.92 Å². The van der Waals surface area contributed by atoms with Gasteiger partial charge in [0, 0.05) is 19.0 Å². The van der Waals surface area contributed by atoms with Crippen molar-refractivity contribution in [3.8, 4) is 0 Å². The molecule has 0 bridgehead atoms. The fraction of sp³-hybridized carbons (Fsp3) is 0.833. The molecule has 0 aliphatic heterocycles. The number of nitrogens with one attached hydrogen (secondary N) is 1. The van der Waals surface area contributed by atoms with Gasteiger partial charge in [-0.05, 0) is 6.42 Å². The van der Waals surface area contributed by atoms with Crippen LogP contribution in [0.15, 0.2) is 5.29 Å². The summed E-state index contributed by atoms with van der Waals surface area (Å²) >= 11 is 5.33. The Morgan fingerprint density at radius 1 is 1.67 bits per heavy atom. The third-order valence-electron chi connectivity index (χ3n) is 1.14. The van der Waals surface area contributed by atoms with E-state index < -0.39 is 6.03 Å². The third kappa shape index (κ3) is 4.12. The molecule has 0 saturated heterocycles. The molecule has 0 aliphatic rings. The number of hydrogen-bond acceptors (Lipinski definition) is 3. The number of amides is 2. The molecular formula is C6H12ClN3O2. The monoisotopic (exact) mass is 193 g/mol. The van der Waals surface area contributed by atoms with Gasteiger partial charge in [0.05, 0.1) is 5.29 Å². The Hall–Kier alpha value is -0.840. The molecule has 0 aromatic carbocycles. The van der Waals surface area contributed by atoms with Crippen LogP contribution in [0.2, 0.25) is 0 Å². The van der Waals surface area contributed by atoms with Gasteiger partial charge in [0.2, 0.25) is 0 Å². The minimum absolute atomic E-state index is 0.324. The SMILES string of the molecule is CCCN(N=O)C(=O)NCCCl. The highest BCUT2D eigenvalue weighted by Gasteiger charge is 2.10. The summed E-state index contributed by atoms with van der Waals surface area (Å²) in [6.45, 7) is 2.53. The zero-order valence-corrected chi connectivity index (χ0v) is 7.67. The Balaban J connectivity index is 3.77. The second-order valence-electron chi connectivity index (χ2n) is 2.13. The minimum atomic E-state index is -0.493. The van der Waals surface area contributed by atoms with Crippen LogP contribution in [0.25, 0.3) is 0 Å². The van der Waals surface area contributed by atoms with Crippen molar-refractivity contribution >= 4 is 17.6 Å². The van der Waals surface area contributed by atoms with E-state index in [1.165, 1.54) is 0 Å². The van der Waals surface area contributed by atoms with E-state index in [1.807, 2.05) is 6.92 Å². The molecule has 0 radical (unpaired) electrons. The first-order valence-corrected chi connectivity index (χ1v) is 4.24. The molecule has 0 heterocycles. The lowest BCUT2D eigenvalue weighted by Crippen LogP contribution is -2.37. The van der Waals surface area contributed by atoms with Crippen LogP contribution in [0.4, 0.5) is 4.79 Å². The molecule has 0 unspecified atom stereocenters. The number of carbonyl (C=O) groups is 1. The van der Waals surface area contributed by atoms with Crippen LogP contribution >= 0.6 is 11.6 Å². The third-order valence-corrected chi connectivity index (χ3v) is 1.33. The highest BCUT2D eigenvalue weighted by atomic mass is 35.5. The van der Waals surface area contributed by atoms with Gasteiger partial charge in [-0.25, -0.2) is 4.79 Å². The number of carbonyl (C=O) groups excluding carboxylic acids is 1. The Morgan fingerprint density at radius 2 is 2.33 bits per heavy atom. The van der Waals surface area contributed by atoms with Gasteiger partial charge in [-0.15, -0.1) is 16.5 Å². The van der Waals surface area contributed by atoms with Crippen LogP contribution in [0.1, 0.15) is 13.3 Å². The molecule has 12 heavy (non-hydrogen) atoms. The number of alkyl halides is 1. The molecule has 0 atom stereocenters. The minimum Gasteiger partial charge on any atom is -0.335 e. The fourth-order valence-electron chi connectivity index (χ4n) is 0.637. The van der Waals surface area contributed by atoms with Crippen molar-refractivity contribution in [2.24, 2.45) is 5.29 Å². The zero-order chi connectivity index (χ0) is 9.40. The number of rotatable bonds is 5. The Labute approximate surface area is 76.0 Å². The van der Waals surface area contributed by atoms with Gasteiger partial charge < -0.3 is 5.32 Å². The second-order valence-corrected chi connectivity index (χ2v) is 2.50. The predicted molar refractivity (Wildman–Crippen MR) is 46.9 cm³/mol. The maximum atomic E-state index is 11.0. The van der Waals surface area contributed by atoms with E-state index in [0.29, 0.717) is 25.4 Å². The maximum Gasteiger partial charge on any atom is 0.340 e. The molecule has 2 amide bonds. The highest BCUT2D eigenvalue weighted by molar-refractivity contribution is 6.18. The average Bonchev–Trinajstić information content (AvgIpc) is 2.10. The summed E-state index contributed by atoms with van der Waals surface area (Å²) in [5.74, 6) is 0.324. The van der Waals surface area contributed by atoms with Crippen LogP contribution in [0, 0.1) is 4.91 Å². The van der Waals surface area contributed by atoms with E-state index >= 15 is 0 Å². The second kappa shape index (κ2) is 6.84. The number of nitrogens with zero attached hydrogens (tertiary/aromatic N) is 2. The quantitative estimate of drug-likeness (QED) is 0.407. The van der Waals surface area contributed by atoms with Gasteiger partial charge in [0.25, 0.3) is 0 Å². The Morgan fingerprint density at radius 3 is 2.75 bits per heavy atom. The largest absolute Gasteiger partial charge is 0.340 e. The number of urea groups is 1. The molecule has 5 nitrogen and oxygen atoms in total. The summed E-state index contributed by atoms with van der Waals surface area (Å²) in [5.41, 5.74) is 0. The van der Waals surface area contributed by atoms with Crippen LogP contribution < -0.4 is 5.32 Å². The topological polar surface area (TPSA) is 61.8 Å². The van der Waals surface area contributed by atoms with Crippen molar-refractivity contribution in [1.82, 2.24) is 10.3 Å². The van der Waals surface area contributed by atoms with Crippen molar-refractivity contribution in [2.45, 2.75) is 13.3 Å². The Bertz CT molecular complexity index is 154. The van der Waals surface area contributed by atoms with E-state index in [4.69, 9.17) is 11.6 Å². The molecular weight excluding hydrogens is 182 g/mol. The molecule has 0 spiro atoms. The molecule has 6 heteroatoms. The van der Waals surface area contributed by atoms with Crippen LogP contribution in [0.3, 0.4) is 0 Å². The molecule has 0 fully saturated rings. The van der Waals surface area contributed by atoms with Crippen molar-refractivity contribution < 1.29 is 4.79 Å². The first kappa shape index (κ1) is 11.2. The first-order chi connectivity index (χ1) is 5.76. The molecule has 0 rings (SSSR count). The van der Waals surface area contributed by atoms with Gasteiger partial charge in [-0.3, -0.25) is 0 Å². The lowest BCUT2D eigenvalue weighted by atomic mass is 10.5. The molecule has 0 aliphatic carbocycles. The summed E-state index contributed by atoms with van der Waals surface area (Å²) in [5, 5.41) is 5.83. The van der Waals surface area contributed by atoms with E-state index in [0.717, 1.165) is 5.01 Å². The van der Waals surface area contributed by atoms with Crippen molar-refractivity contribution in [3.63, 3.8) is 0 Å². The smallest absolute Gasteiger partial charge is 0.335 e. The van der Waals surface area contributed by atoms with Crippen molar-refractivity contribution in [2.75, 3.05) is 19.0 Å². The number of nitroso groups, excluding NO2 is 1. The first-order valence-electron chi connectivity index (χ1n) is 3.70. The standard InChI is InChI=1S/C6H12ClN3O2/c1-2-5-10(9-12)6(11)8-4-3-7/h2-5H2,1H3,(H,8,11).